The first-order chi connectivity index (χ1) is 11.7. The number of aryl methyl sites for hydroxylation is 1. The fraction of sp³-hybridized carbons (Fsp3) is 0.188. The van der Waals surface area contributed by atoms with E-state index >= 15 is 0 Å². The second-order valence-corrected chi connectivity index (χ2v) is 5.50. The number of hydrogen-bond acceptors (Lipinski definition) is 3. The summed E-state index contributed by atoms with van der Waals surface area (Å²) in [6.07, 6.45) is -3.18. The van der Waals surface area contributed by atoms with Crippen LogP contribution in [0.3, 0.4) is 0 Å². The van der Waals surface area contributed by atoms with Crippen LogP contribution < -0.4 is 5.56 Å². The number of benzene rings is 1. The number of carbonyl (C=O) groups is 1. The third kappa shape index (κ3) is 3.00. The van der Waals surface area contributed by atoms with E-state index in [1.165, 1.54) is 12.1 Å². The Morgan fingerprint density at radius 1 is 1.28 bits per heavy atom. The van der Waals surface area contributed by atoms with E-state index in [9.17, 15) is 22.8 Å². The summed E-state index contributed by atoms with van der Waals surface area (Å²) in [6, 6.07) is 4.50. The van der Waals surface area contributed by atoms with E-state index in [-0.39, 0.29) is 23.2 Å². The summed E-state index contributed by atoms with van der Waals surface area (Å²) < 4.78 is 38.8. The maximum Gasteiger partial charge on any atom is 0.416 e. The molecule has 3 aromatic rings. The maximum absolute atomic E-state index is 12.6. The minimum absolute atomic E-state index is 0.00818. The van der Waals surface area contributed by atoms with Gasteiger partial charge < -0.3 is 5.11 Å². The van der Waals surface area contributed by atoms with Crippen LogP contribution in [0.25, 0.3) is 5.65 Å². The zero-order chi connectivity index (χ0) is 18.4. The number of fused-ring (bicyclic) bond motifs is 1. The van der Waals surface area contributed by atoms with Crippen molar-refractivity contribution < 1.29 is 23.1 Å². The maximum atomic E-state index is 12.6. The third-order valence-corrected chi connectivity index (χ3v) is 3.85. The number of aromatic carboxylic acids is 1. The molecule has 2 aromatic heterocycles. The van der Waals surface area contributed by atoms with Crippen molar-refractivity contribution in [2.45, 2.75) is 19.5 Å². The van der Waals surface area contributed by atoms with Gasteiger partial charge in [-0.3, -0.25) is 9.89 Å². The zero-order valence-electron chi connectivity index (χ0n) is 12.9. The van der Waals surface area contributed by atoms with Gasteiger partial charge in [-0.15, -0.1) is 0 Å². The van der Waals surface area contributed by atoms with Crippen LogP contribution >= 0.6 is 0 Å². The normalized spacial score (nSPS) is 11.8. The molecule has 0 atom stereocenters. The van der Waals surface area contributed by atoms with Gasteiger partial charge in [0.2, 0.25) is 0 Å². The number of H-pyrrole nitrogens is 1. The quantitative estimate of drug-likeness (QED) is 0.759. The summed E-state index contributed by atoms with van der Waals surface area (Å²) in [4.78, 5) is 27.8. The smallest absolute Gasteiger partial charge is 0.416 e. The molecule has 9 heteroatoms. The Labute approximate surface area is 138 Å². The van der Waals surface area contributed by atoms with Gasteiger partial charge in [-0.2, -0.15) is 13.2 Å². The lowest BCUT2D eigenvalue weighted by atomic mass is 10.0. The molecule has 25 heavy (non-hydrogen) atoms. The number of carboxylic acids is 1. The third-order valence-electron chi connectivity index (χ3n) is 3.85. The minimum atomic E-state index is -4.42. The molecule has 3 rings (SSSR count). The van der Waals surface area contributed by atoms with Gasteiger partial charge in [0.25, 0.3) is 5.56 Å². The van der Waals surface area contributed by atoms with Crippen LogP contribution in [0.1, 0.15) is 32.7 Å². The van der Waals surface area contributed by atoms with Crippen LogP contribution in [0.2, 0.25) is 0 Å². The second kappa shape index (κ2) is 5.76. The molecular formula is C16H12F3N3O3. The van der Waals surface area contributed by atoms with E-state index in [0.29, 0.717) is 11.3 Å². The van der Waals surface area contributed by atoms with Crippen molar-refractivity contribution in [2.75, 3.05) is 0 Å². The lowest BCUT2D eigenvalue weighted by molar-refractivity contribution is -0.137. The summed E-state index contributed by atoms with van der Waals surface area (Å²) in [5.41, 5.74) is -0.293. The minimum Gasteiger partial charge on any atom is -0.477 e. The fourth-order valence-corrected chi connectivity index (χ4v) is 2.53. The van der Waals surface area contributed by atoms with Crippen LogP contribution in [-0.2, 0) is 12.6 Å². The van der Waals surface area contributed by atoms with Gasteiger partial charge in [-0.1, -0.05) is 12.1 Å². The monoisotopic (exact) mass is 351 g/mol. The Morgan fingerprint density at radius 3 is 2.48 bits per heavy atom. The number of hydrogen-bond donors (Lipinski definition) is 2. The molecule has 0 saturated carbocycles. The largest absolute Gasteiger partial charge is 0.477 e. The van der Waals surface area contributed by atoms with Gasteiger partial charge in [0.15, 0.2) is 5.65 Å². The molecule has 130 valence electrons. The van der Waals surface area contributed by atoms with Crippen LogP contribution in [0.5, 0.6) is 0 Å². The van der Waals surface area contributed by atoms with Gasteiger partial charge in [0.05, 0.1) is 5.56 Å². The highest BCUT2D eigenvalue weighted by atomic mass is 19.4. The molecule has 0 bridgehead atoms. The molecule has 2 N–H and O–H groups in total. The summed E-state index contributed by atoms with van der Waals surface area (Å²) in [7, 11) is 0. The Morgan fingerprint density at radius 2 is 1.92 bits per heavy atom. The number of halogens is 3. The first-order valence-electron chi connectivity index (χ1n) is 7.17. The van der Waals surface area contributed by atoms with Gasteiger partial charge in [-0.25, -0.2) is 14.3 Å². The van der Waals surface area contributed by atoms with Crippen molar-refractivity contribution in [3.05, 3.63) is 68.8 Å². The number of aromatic amines is 1. The van der Waals surface area contributed by atoms with Crippen molar-refractivity contribution in [2.24, 2.45) is 0 Å². The second-order valence-electron chi connectivity index (χ2n) is 5.50. The molecule has 0 aliphatic heterocycles. The fourth-order valence-electron chi connectivity index (χ4n) is 2.53. The van der Waals surface area contributed by atoms with Crippen molar-refractivity contribution in [1.29, 1.82) is 0 Å². The lowest BCUT2D eigenvalue weighted by Gasteiger charge is -2.09. The highest BCUT2D eigenvalue weighted by Gasteiger charge is 2.30. The van der Waals surface area contributed by atoms with Gasteiger partial charge >= 0.3 is 12.1 Å². The molecule has 1 aromatic carbocycles. The Balaban J connectivity index is 2.02. The number of rotatable bonds is 3. The molecule has 0 aliphatic rings. The first kappa shape index (κ1) is 16.7. The summed E-state index contributed by atoms with van der Waals surface area (Å²) in [5, 5.41) is 11.6. The molecule has 0 radical (unpaired) electrons. The van der Waals surface area contributed by atoms with Crippen molar-refractivity contribution >= 4 is 11.6 Å². The molecule has 0 amide bonds. The van der Waals surface area contributed by atoms with Crippen molar-refractivity contribution in [3.8, 4) is 0 Å². The topological polar surface area (TPSA) is 87.5 Å². The molecule has 0 unspecified atom stereocenters. The van der Waals surface area contributed by atoms with E-state index in [0.717, 1.165) is 22.8 Å². The number of nitrogens with zero attached hydrogens (tertiary/aromatic N) is 2. The van der Waals surface area contributed by atoms with E-state index in [2.05, 4.69) is 10.1 Å². The SMILES string of the molecule is Cc1nc2c(C(=O)O)c[nH]n2c(=O)c1Cc1ccc(C(F)(F)F)cc1. The average molecular weight is 351 g/mol. The molecule has 0 saturated heterocycles. The van der Waals surface area contributed by atoms with E-state index in [1.54, 1.807) is 6.92 Å². The summed E-state index contributed by atoms with van der Waals surface area (Å²) in [6.45, 7) is 1.56. The number of alkyl halides is 3. The molecule has 2 heterocycles. The summed E-state index contributed by atoms with van der Waals surface area (Å²) in [5.74, 6) is -1.22. The molecule has 0 spiro atoms. The Bertz CT molecular complexity index is 1020. The van der Waals surface area contributed by atoms with Gasteiger partial charge in [-0.05, 0) is 24.6 Å². The zero-order valence-corrected chi connectivity index (χ0v) is 12.9. The molecular weight excluding hydrogens is 339 g/mol. The van der Waals surface area contributed by atoms with Gasteiger partial charge in [0, 0.05) is 23.9 Å². The number of nitrogens with one attached hydrogen (secondary N) is 1. The van der Waals surface area contributed by atoms with Crippen LogP contribution in [0.4, 0.5) is 13.2 Å². The number of carboxylic acid groups (broad SMARTS) is 1. The standard InChI is InChI=1S/C16H12F3N3O3/c1-8-11(6-9-2-4-10(5-3-9)16(17,18)19)14(23)22-13(21-8)12(7-20-22)15(24)25/h2-5,7,20H,6H2,1H3,(H,24,25). The van der Waals surface area contributed by atoms with Crippen LogP contribution in [0, 0.1) is 6.92 Å². The van der Waals surface area contributed by atoms with E-state index < -0.39 is 23.3 Å². The van der Waals surface area contributed by atoms with E-state index in [4.69, 9.17) is 5.11 Å². The molecule has 0 fully saturated rings. The predicted molar refractivity (Wildman–Crippen MR) is 81.8 cm³/mol. The van der Waals surface area contributed by atoms with Crippen LogP contribution in [0.15, 0.2) is 35.3 Å². The highest BCUT2D eigenvalue weighted by Crippen LogP contribution is 2.29. The molecule has 0 aliphatic carbocycles. The summed E-state index contributed by atoms with van der Waals surface area (Å²) >= 11 is 0. The van der Waals surface area contributed by atoms with Crippen molar-refractivity contribution in [3.63, 3.8) is 0 Å². The van der Waals surface area contributed by atoms with Crippen LogP contribution in [-0.4, -0.2) is 25.7 Å². The first-order valence-corrected chi connectivity index (χ1v) is 7.17. The average Bonchev–Trinajstić information content (AvgIpc) is 2.95. The lowest BCUT2D eigenvalue weighted by Crippen LogP contribution is -2.22. The van der Waals surface area contributed by atoms with Gasteiger partial charge in [0.1, 0.15) is 5.56 Å². The predicted octanol–water partition coefficient (Wildman–Crippen LogP) is 2.64. The Kier molecular flexibility index (Phi) is 3.86. The Hall–Kier alpha value is -3.10. The molecule has 6 nitrogen and oxygen atoms in total. The van der Waals surface area contributed by atoms with E-state index in [1.807, 2.05) is 0 Å². The highest BCUT2D eigenvalue weighted by molar-refractivity contribution is 5.94. The van der Waals surface area contributed by atoms with Crippen molar-refractivity contribution in [1.82, 2.24) is 14.6 Å². The number of aromatic nitrogens is 3.